The van der Waals surface area contributed by atoms with Gasteiger partial charge in [-0.05, 0) is 63.2 Å². The minimum Gasteiger partial charge on any atom is -0.376 e. The lowest BCUT2D eigenvalue weighted by molar-refractivity contribution is 0.0833. The van der Waals surface area contributed by atoms with Gasteiger partial charge >= 0.3 is 0 Å². The number of thiocarbonyl (C=S) groups is 1. The van der Waals surface area contributed by atoms with Crippen LogP contribution in [0.1, 0.15) is 56.2 Å². The number of ether oxygens (including phenoxy) is 1. The number of aromatic nitrogens is 2. The van der Waals surface area contributed by atoms with E-state index < -0.39 is 0 Å². The Labute approximate surface area is 160 Å². The molecule has 0 radical (unpaired) electrons. The lowest BCUT2D eigenvalue weighted by Crippen LogP contribution is -2.37. The minimum atomic E-state index is 0.0394. The van der Waals surface area contributed by atoms with Crippen LogP contribution in [0.5, 0.6) is 0 Å². The average molecular weight is 371 g/mol. The molecule has 0 aliphatic carbocycles. The van der Waals surface area contributed by atoms with E-state index in [0.717, 1.165) is 36.8 Å². The molecule has 0 bridgehead atoms. The summed E-state index contributed by atoms with van der Waals surface area (Å²) < 4.78 is 8.23. The number of nitrogens with zero attached hydrogens (tertiary/aromatic N) is 3. The van der Waals surface area contributed by atoms with Gasteiger partial charge < -0.3 is 19.5 Å². The van der Waals surface area contributed by atoms with E-state index in [2.05, 4.69) is 58.0 Å². The molecule has 2 aromatic heterocycles. The number of hydrogen-bond acceptors (Lipinski definition) is 3. The van der Waals surface area contributed by atoms with Crippen LogP contribution < -0.4 is 5.32 Å². The fourth-order valence-corrected chi connectivity index (χ4v) is 4.37. The number of pyridine rings is 1. The highest BCUT2D eigenvalue weighted by Gasteiger charge is 2.42. The fraction of sp³-hybridized carbons (Fsp3) is 0.500. The van der Waals surface area contributed by atoms with Crippen LogP contribution in [-0.4, -0.2) is 38.8 Å². The summed E-state index contributed by atoms with van der Waals surface area (Å²) in [4.78, 5) is 6.91. The molecule has 0 spiro atoms. The van der Waals surface area contributed by atoms with Gasteiger partial charge in [0.25, 0.3) is 0 Å². The smallest absolute Gasteiger partial charge is 0.170 e. The molecule has 0 saturated carbocycles. The lowest BCUT2D eigenvalue weighted by atomic mass is 10.0. The minimum absolute atomic E-state index is 0.0394. The molecule has 2 aliphatic rings. The van der Waals surface area contributed by atoms with E-state index >= 15 is 0 Å². The third-order valence-corrected chi connectivity index (χ3v) is 5.65. The monoisotopic (exact) mass is 370 g/mol. The van der Waals surface area contributed by atoms with Gasteiger partial charge in [0.05, 0.1) is 23.9 Å². The number of rotatable bonds is 5. The van der Waals surface area contributed by atoms with Crippen molar-refractivity contribution >= 4 is 17.3 Å². The molecule has 0 amide bonds. The maximum Gasteiger partial charge on any atom is 0.170 e. The van der Waals surface area contributed by atoms with Crippen LogP contribution in [0.4, 0.5) is 0 Å². The summed E-state index contributed by atoms with van der Waals surface area (Å²) in [5, 5.41) is 4.31. The molecule has 5 nitrogen and oxygen atoms in total. The standard InChI is InChI=1S/C20H26N4OS/c1-14(2)23-11-5-9-17(23)19-18(16-8-3-4-10-21-16)22-20(26)24(19)13-15-7-6-12-25-15/h3-5,8-11,14-15,18-19H,6-7,12-13H2,1-2H3,(H,22,26)/t15-,18-,19+/m0/s1. The topological polar surface area (TPSA) is 42.3 Å². The second-order valence-corrected chi connectivity index (χ2v) is 7.73. The van der Waals surface area contributed by atoms with Crippen LogP contribution in [0.2, 0.25) is 0 Å². The van der Waals surface area contributed by atoms with Crippen molar-refractivity contribution in [3.63, 3.8) is 0 Å². The van der Waals surface area contributed by atoms with E-state index in [9.17, 15) is 0 Å². The Bertz CT molecular complexity index is 754. The Balaban J connectivity index is 1.72. The highest BCUT2D eigenvalue weighted by molar-refractivity contribution is 7.80. The van der Waals surface area contributed by atoms with Gasteiger partial charge in [-0.3, -0.25) is 4.98 Å². The van der Waals surface area contributed by atoms with Crippen LogP contribution in [0.15, 0.2) is 42.7 Å². The Morgan fingerprint density at radius 2 is 2.19 bits per heavy atom. The summed E-state index contributed by atoms with van der Waals surface area (Å²) >= 11 is 5.73. The van der Waals surface area contributed by atoms with Crippen molar-refractivity contribution in [2.45, 2.75) is 50.9 Å². The van der Waals surface area contributed by atoms with Gasteiger partial charge in [0, 0.05) is 37.3 Å². The SMILES string of the molecule is CC(C)n1cccc1[C@@H]1[C@H](c2ccccn2)NC(=S)N1C[C@@H]1CCCO1. The van der Waals surface area contributed by atoms with Gasteiger partial charge in [-0.2, -0.15) is 0 Å². The van der Waals surface area contributed by atoms with Crippen LogP contribution in [0.25, 0.3) is 0 Å². The Kier molecular flexibility index (Phi) is 4.96. The van der Waals surface area contributed by atoms with Crippen LogP contribution in [0, 0.1) is 0 Å². The molecule has 4 rings (SSSR count). The Morgan fingerprint density at radius 1 is 1.31 bits per heavy atom. The molecule has 1 N–H and O–H groups in total. The predicted octanol–water partition coefficient (Wildman–Crippen LogP) is 3.62. The molecule has 2 saturated heterocycles. The van der Waals surface area contributed by atoms with Crippen molar-refractivity contribution in [3.05, 3.63) is 54.1 Å². The van der Waals surface area contributed by atoms with Gasteiger partial charge in [0.2, 0.25) is 0 Å². The second kappa shape index (κ2) is 7.37. The first-order chi connectivity index (χ1) is 12.6. The van der Waals surface area contributed by atoms with Gasteiger partial charge in [-0.15, -0.1) is 0 Å². The highest BCUT2D eigenvalue weighted by atomic mass is 32.1. The van der Waals surface area contributed by atoms with E-state index in [-0.39, 0.29) is 18.2 Å². The van der Waals surface area contributed by atoms with Gasteiger partial charge in [0.1, 0.15) is 0 Å². The van der Waals surface area contributed by atoms with Crippen molar-refractivity contribution < 1.29 is 4.74 Å². The molecule has 6 heteroatoms. The third kappa shape index (κ3) is 3.23. The molecule has 2 fully saturated rings. The summed E-state index contributed by atoms with van der Waals surface area (Å²) in [5.41, 5.74) is 2.28. The van der Waals surface area contributed by atoms with Crippen molar-refractivity contribution in [1.29, 1.82) is 0 Å². The Hall–Kier alpha value is -1.92. The quantitative estimate of drug-likeness (QED) is 0.815. The average Bonchev–Trinajstić information content (AvgIpc) is 3.37. The van der Waals surface area contributed by atoms with E-state index in [1.165, 1.54) is 5.69 Å². The molecule has 0 unspecified atom stereocenters. The molecule has 2 aromatic rings. The first-order valence-corrected chi connectivity index (χ1v) is 9.82. The van der Waals surface area contributed by atoms with Crippen molar-refractivity contribution in [1.82, 2.24) is 19.8 Å². The molecule has 0 aromatic carbocycles. The second-order valence-electron chi connectivity index (χ2n) is 7.35. The molecule has 26 heavy (non-hydrogen) atoms. The van der Waals surface area contributed by atoms with E-state index in [0.29, 0.717) is 6.04 Å². The van der Waals surface area contributed by atoms with Crippen molar-refractivity contribution in [2.24, 2.45) is 0 Å². The summed E-state index contributed by atoms with van der Waals surface area (Å²) in [6, 6.07) is 10.9. The first kappa shape index (κ1) is 17.5. The molecule has 138 valence electrons. The van der Waals surface area contributed by atoms with Gasteiger partial charge in [-0.1, -0.05) is 6.07 Å². The van der Waals surface area contributed by atoms with Crippen molar-refractivity contribution in [3.8, 4) is 0 Å². The summed E-state index contributed by atoms with van der Waals surface area (Å²) in [5.74, 6) is 0. The summed E-state index contributed by atoms with van der Waals surface area (Å²) in [6.07, 6.45) is 6.49. The van der Waals surface area contributed by atoms with E-state index in [1.54, 1.807) is 0 Å². The van der Waals surface area contributed by atoms with Crippen LogP contribution in [0.3, 0.4) is 0 Å². The normalized spacial score (nSPS) is 25.9. The molecule has 4 heterocycles. The maximum atomic E-state index is 5.90. The van der Waals surface area contributed by atoms with E-state index in [4.69, 9.17) is 17.0 Å². The zero-order chi connectivity index (χ0) is 18.1. The molecular weight excluding hydrogens is 344 g/mol. The summed E-state index contributed by atoms with van der Waals surface area (Å²) in [6.45, 7) is 6.10. The largest absolute Gasteiger partial charge is 0.376 e. The van der Waals surface area contributed by atoms with Crippen LogP contribution >= 0.6 is 12.2 Å². The van der Waals surface area contributed by atoms with Gasteiger partial charge in [-0.25, -0.2) is 0 Å². The zero-order valence-corrected chi connectivity index (χ0v) is 16.2. The maximum absolute atomic E-state index is 5.90. The summed E-state index contributed by atoms with van der Waals surface area (Å²) in [7, 11) is 0. The zero-order valence-electron chi connectivity index (χ0n) is 15.3. The van der Waals surface area contributed by atoms with Gasteiger partial charge in [0.15, 0.2) is 5.11 Å². The first-order valence-electron chi connectivity index (χ1n) is 9.41. The molecular formula is C20H26N4OS. The Morgan fingerprint density at radius 3 is 2.88 bits per heavy atom. The number of nitrogens with one attached hydrogen (secondary N) is 1. The van der Waals surface area contributed by atoms with Crippen molar-refractivity contribution in [2.75, 3.05) is 13.2 Å². The van der Waals surface area contributed by atoms with E-state index in [1.807, 2.05) is 18.3 Å². The predicted molar refractivity (Wildman–Crippen MR) is 106 cm³/mol. The third-order valence-electron chi connectivity index (χ3n) is 5.29. The molecule has 2 aliphatic heterocycles. The van der Waals surface area contributed by atoms with Crippen LogP contribution in [-0.2, 0) is 4.74 Å². The lowest BCUT2D eigenvalue weighted by Gasteiger charge is -2.31. The highest BCUT2D eigenvalue weighted by Crippen LogP contribution is 2.40. The number of hydrogen-bond donors (Lipinski definition) is 1. The fourth-order valence-electron chi connectivity index (χ4n) is 4.06. The molecule has 3 atom stereocenters.